The minimum absolute atomic E-state index is 0.0869. The summed E-state index contributed by atoms with van der Waals surface area (Å²) in [7, 11) is -9.94. The van der Waals surface area contributed by atoms with Crippen molar-refractivity contribution in [3.05, 3.63) is 48.6 Å². The second kappa shape index (κ2) is 72.4. The Labute approximate surface area is 597 Å². The van der Waals surface area contributed by atoms with Crippen LogP contribution in [0.15, 0.2) is 48.6 Å². The summed E-state index contributed by atoms with van der Waals surface area (Å²) in [6.45, 7) is 4.88. The lowest BCUT2D eigenvalue weighted by molar-refractivity contribution is -0.161. The Hall–Kier alpha value is -2.98. The molecule has 0 saturated carbocycles. The molecule has 0 radical (unpaired) electrons. The van der Waals surface area contributed by atoms with Crippen molar-refractivity contribution in [3.8, 4) is 0 Å². The van der Waals surface area contributed by atoms with E-state index in [1.165, 1.54) is 148 Å². The number of hydrogen-bond acceptors (Lipinski definition) is 15. The van der Waals surface area contributed by atoms with Gasteiger partial charge in [0.2, 0.25) is 0 Å². The largest absolute Gasteiger partial charge is 0.472 e. The second-order valence-electron chi connectivity index (χ2n) is 27.0. The van der Waals surface area contributed by atoms with E-state index >= 15 is 0 Å². The van der Waals surface area contributed by atoms with E-state index < -0.39 is 97.5 Å². The highest BCUT2D eigenvalue weighted by Gasteiger charge is 2.30. The molecule has 3 N–H and O–H groups in total. The van der Waals surface area contributed by atoms with Crippen molar-refractivity contribution in [1.29, 1.82) is 0 Å². The van der Waals surface area contributed by atoms with Gasteiger partial charge in [0, 0.05) is 25.7 Å². The first-order valence-corrected chi connectivity index (χ1v) is 42.9. The van der Waals surface area contributed by atoms with Crippen molar-refractivity contribution in [2.24, 2.45) is 0 Å². The lowest BCUT2D eigenvalue weighted by Gasteiger charge is -2.21. The van der Waals surface area contributed by atoms with Gasteiger partial charge in [0.1, 0.15) is 19.3 Å². The van der Waals surface area contributed by atoms with Gasteiger partial charge in [-0.05, 0) is 109 Å². The van der Waals surface area contributed by atoms with E-state index in [1.807, 2.05) is 0 Å². The SMILES string of the molecule is CCCCC/C=C\C/C=C\CCCCCCCC(=O)OC[C@H](COP(=O)(O)OCC(O)COP(=O)(O)OC[C@@H](COC(=O)CCCCCCC/C=C\CCCCCCCC)OC(=O)CCCCCCCCCCCCCCC)OC(=O)CCCCCCC/C=C\CCCCCCCC. The van der Waals surface area contributed by atoms with E-state index in [-0.39, 0.29) is 25.7 Å². The van der Waals surface area contributed by atoms with E-state index in [4.69, 9.17) is 37.0 Å². The Bertz CT molecular complexity index is 2050. The van der Waals surface area contributed by atoms with Crippen LogP contribution in [0.5, 0.6) is 0 Å². The van der Waals surface area contributed by atoms with Gasteiger partial charge in [-0.15, -0.1) is 0 Å². The number of hydrogen-bond donors (Lipinski definition) is 3. The summed E-state index contributed by atoms with van der Waals surface area (Å²) in [4.78, 5) is 72.9. The fraction of sp³-hybridized carbons (Fsp3) is 0.848. The van der Waals surface area contributed by atoms with Crippen molar-refractivity contribution in [2.75, 3.05) is 39.6 Å². The van der Waals surface area contributed by atoms with Crippen LogP contribution < -0.4 is 0 Å². The summed E-state index contributed by atoms with van der Waals surface area (Å²) in [5.74, 6) is -2.17. The molecule has 0 saturated heterocycles. The van der Waals surface area contributed by atoms with Crippen molar-refractivity contribution in [3.63, 3.8) is 0 Å². The van der Waals surface area contributed by atoms with E-state index in [0.717, 1.165) is 148 Å². The van der Waals surface area contributed by atoms with Crippen LogP contribution >= 0.6 is 15.6 Å². The molecule has 3 unspecified atom stereocenters. The first-order valence-electron chi connectivity index (χ1n) is 39.9. The van der Waals surface area contributed by atoms with Crippen molar-refractivity contribution in [1.82, 2.24) is 0 Å². The molecule has 0 aromatic heterocycles. The van der Waals surface area contributed by atoms with E-state index in [2.05, 4.69) is 76.3 Å². The Morgan fingerprint density at radius 2 is 0.500 bits per heavy atom. The highest BCUT2D eigenvalue weighted by Crippen LogP contribution is 2.45. The molecule has 0 aliphatic carbocycles. The van der Waals surface area contributed by atoms with Gasteiger partial charge < -0.3 is 33.8 Å². The second-order valence-corrected chi connectivity index (χ2v) is 29.9. The monoisotopic (exact) mass is 1430 g/mol. The normalized spacial score (nSPS) is 14.2. The highest BCUT2D eigenvalue weighted by atomic mass is 31.2. The predicted octanol–water partition coefficient (Wildman–Crippen LogP) is 22.9. The standard InChI is InChI=1S/C79H146O17P2/c1-5-9-13-17-21-25-29-33-36-40-43-47-51-55-59-63-76(81)89-69-74(95-78(83)65-61-57-53-49-45-39-32-28-24-20-16-12-8-4)71-93-97(85,86)91-67-73(80)68-92-98(87,88)94-72-75(96-79(84)66-62-58-54-50-46-42-38-35-31-27-23-19-15-11-7-3)70-90-77(82)64-60-56-52-48-44-41-37-34-30-26-22-18-14-10-6-2/h22,26,33-38,73-75,80H,5-21,23-25,27-32,39-72H2,1-4H3,(H,85,86)(H,87,88)/b26-22-,36-33-,37-34-,38-35-/t73?,74-,75-/m1/s1. The van der Waals surface area contributed by atoms with Gasteiger partial charge >= 0.3 is 39.5 Å². The zero-order valence-corrected chi connectivity index (χ0v) is 64.5. The average molecular weight is 1430 g/mol. The number of rotatable bonds is 76. The van der Waals surface area contributed by atoms with Crippen molar-refractivity contribution < 1.29 is 80.2 Å². The smallest absolute Gasteiger partial charge is 0.462 e. The third-order valence-corrected chi connectivity index (χ3v) is 19.2. The van der Waals surface area contributed by atoms with Gasteiger partial charge in [0.15, 0.2) is 12.2 Å². The molecule has 0 fully saturated rings. The van der Waals surface area contributed by atoms with Crippen molar-refractivity contribution in [2.45, 2.75) is 393 Å². The maximum Gasteiger partial charge on any atom is 0.472 e. The Balaban J connectivity index is 5.33. The molecule has 0 amide bonds. The Kier molecular flexibility index (Phi) is 70.2. The van der Waals surface area contributed by atoms with Crippen LogP contribution in [0.25, 0.3) is 0 Å². The summed E-state index contributed by atoms with van der Waals surface area (Å²) < 4.78 is 68.6. The topological polar surface area (TPSA) is 237 Å². The van der Waals surface area contributed by atoms with Crippen LogP contribution in [0.4, 0.5) is 0 Å². The number of esters is 4. The number of allylic oxidation sites excluding steroid dienone is 8. The van der Waals surface area contributed by atoms with E-state index in [0.29, 0.717) is 25.7 Å². The summed E-state index contributed by atoms with van der Waals surface area (Å²) >= 11 is 0. The maximum atomic E-state index is 13.1. The number of unbranched alkanes of at least 4 members (excludes halogenated alkanes) is 42. The zero-order valence-electron chi connectivity index (χ0n) is 62.7. The van der Waals surface area contributed by atoms with Crippen LogP contribution in [-0.4, -0.2) is 96.7 Å². The molecular weight excluding hydrogens is 1280 g/mol. The van der Waals surface area contributed by atoms with Crippen LogP contribution in [0.1, 0.15) is 374 Å². The number of carbonyl (C=O) groups is 4. The van der Waals surface area contributed by atoms with E-state index in [9.17, 15) is 43.2 Å². The number of phosphoric ester groups is 2. The summed E-state index contributed by atoms with van der Waals surface area (Å²) in [6.07, 6.45) is 69.4. The fourth-order valence-electron chi connectivity index (χ4n) is 11.1. The third kappa shape index (κ3) is 71.4. The number of aliphatic hydroxyl groups is 1. The van der Waals surface area contributed by atoms with Gasteiger partial charge in [0.05, 0.1) is 26.4 Å². The molecule has 0 aromatic rings. The minimum atomic E-state index is -4.97. The predicted molar refractivity (Wildman–Crippen MR) is 400 cm³/mol. The van der Waals surface area contributed by atoms with E-state index in [1.54, 1.807) is 0 Å². The number of aliphatic hydroxyl groups excluding tert-OH is 1. The molecule has 574 valence electrons. The summed E-state index contributed by atoms with van der Waals surface area (Å²) in [5.41, 5.74) is 0. The zero-order chi connectivity index (χ0) is 71.8. The molecule has 19 heteroatoms. The average Bonchev–Trinajstić information content (AvgIpc) is 1.04. The fourth-order valence-corrected chi connectivity index (χ4v) is 12.7. The van der Waals surface area contributed by atoms with Gasteiger partial charge in [-0.3, -0.25) is 37.3 Å². The molecule has 0 spiro atoms. The molecule has 0 rings (SSSR count). The lowest BCUT2D eigenvalue weighted by Crippen LogP contribution is -2.30. The number of phosphoric acid groups is 2. The molecule has 98 heavy (non-hydrogen) atoms. The van der Waals surface area contributed by atoms with Crippen LogP contribution in [0, 0.1) is 0 Å². The number of carbonyl (C=O) groups excluding carboxylic acids is 4. The maximum absolute atomic E-state index is 13.1. The van der Waals surface area contributed by atoms with Crippen LogP contribution in [0.2, 0.25) is 0 Å². The van der Waals surface area contributed by atoms with Gasteiger partial charge in [-0.2, -0.15) is 0 Å². The van der Waals surface area contributed by atoms with Crippen LogP contribution in [0.3, 0.4) is 0 Å². The van der Waals surface area contributed by atoms with Gasteiger partial charge in [-0.1, -0.05) is 288 Å². The molecule has 17 nitrogen and oxygen atoms in total. The lowest BCUT2D eigenvalue weighted by atomic mass is 10.0. The Morgan fingerprint density at radius 1 is 0.286 bits per heavy atom. The molecular formula is C79H146O17P2. The van der Waals surface area contributed by atoms with Crippen LogP contribution in [-0.2, 0) is 65.4 Å². The Morgan fingerprint density at radius 3 is 0.786 bits per heavy atom. The summed E-state index contributed by atoms with van der Waals surface area (Å²) in [6, 6.07) is 0. The third-order valence-electron chi connectivity index (χ3n) is 17.3. The molecule has 0 bridgehead atoms. The highest BCUT2D eigenvalue weighted by molar-refractivity contribution is 7.47. The molecule has 0 aliphatic heterocycles. The number of ether oxygens (including phenoxy) is 4. The first-order chi connectivity index (χ1) is 47.7. The quantitative estimate of drug-likeness (QED) is 0.0169. The molecule has 0 heterocycles. The van der Waals surface area contributed by atoms with Gasteiger partial charge in [-0.25, -0.2) is 9.13 Å². The summed E-state index contributed by atoms with van der Waals surface area (Å²) in [5, 5.41) is 10.6. The first kappa shape index (κ1) is 95.0. The van der Waals surface area contributed by atoms with Gasteiger partial charge in [0.25, 0.3) is 0 Å². The molecule has 5 atom stereocenters. The molecule has 0 aliphatic rings. The van der Waals surface area contributed by atoms with Crippen molar-refractivity contribution >= 4 is 39.5 Å². The minimum Gasteiger partial charge on any atom is -0.462 e. The molecule has 0 aromatic carbocycles.